The Labute approximate surface area is 117 Å². The van der Waals surface area contributed by atoms with Gasteiger partial charge in [0.15, 0.2) is 5.82 Å². The van der Waals surface area contributed by atoms with Crippen LogP contribution in [0, 0.1) is 15.9 Å². The van der Waals surface area contributed by atoms with Crippen LogP contribution in [0.3, 0.4) is 0 Å². The van der Waals surface area contributed by atoms with Crippen LogP contribution >= 0.6 is 0 Å². The number of aromatic nitrogens is 4. The van der Waals surface area contributed by atoms with Gasteiger partial charge in [-0.1, -0.05) is 6.07 Å². The first-order chi connectivity index (χ1) is 9.97. The van der Waals surface area contributed by atoms with Crippen molar-refractivity contribution in [1.82, 2.24) is 20.2 Å². The van der Waals surface area contributed by atoms with Crippen molar-refractivity contribution in [3.8, 4) is 0 Å². The van der Waals surface area contributed by atoms with Gasteiger partial charge in [-0.3, -0.25) is 14.9 Å². The molecule has 0 radical (unpaired) electrons. The van der Waals surface area contributed by atoms with E-state index >= 15 is 0 Å². The lowest BCUT2D eigenvalue weighted by atomic mass is 10.2. The van der Waals surface area contributed by atoms with E-state index in [1.807, 2.05) is 0 Å². The number of hydrogen-bond acceptors (Lipinski definition) is 6. The molecule has 1 aromatic heterocycles. The third kappa shape index (κ3) is 3.55. The topological polar surface area (TPSA) is 124 Å². The van der Waals surface area contributed by atoms with Crippen LogP contribution in [0.2, 0.25) is 0 Å². The molecule has 1 N–H and O–H groups in total. The van der Waals surface area contributed by atoms with Gasteiger partial charge in [0.1, 0.15) is 0 Å². The average Bonchev–Trinajstić information content (AvgIpc) is 2.83. The minimum absolute atomic E-state index is 0.0941. The summed E-state index contributed by atoms with van der Waals surface area (Å²) in [5, 5.41) is 30.0. The summed E-state index contributed by atoms with van der Waals surface area (Å²) in [6.07, 6.45) is 0.00674. The highest BCUT2D eigenvalue weighted by Gasteiger charge is 2.15. The Morgan fingerprint density at radius 3 is 2.86 bits per heavy atom. The van der Waals surface area contributed by atoms with Gasteiger partial charge < -0.3 is 5.11 Å². The van der Waals surface area contributed by atoms with Crippen LogP contribution in [-0.4, -0.2) is 36.2 Å². The van der Waals surface area contributed by atoms with Gasteiger partial charge in [0, 0.05) is 12.5 Å². The molecule has 0 aliphatic heterocycles. The van der Waals surface area contributed by atoms with Crippen LogP contribution in [0.1, 0.15) is 17.8 Å². The van der Waals surface area contributed by atoms with Gasteiger partial charge in [-0.15, -0.1) is 5.10 Å². The molecule has 9 nitrogen and oxygen atoms in total. The van der Waals surface area contributed by atoms with Gasteiger partial charge in [-0.25, -0.2) is 4.68 Å². The number of hydrogen-bond donors (Lipinski definition) is 1. The Morgan fingerprint density at radius 2 is 2.24 bits per heavy atom. The predicted octanol–water partition coefficient (Wildman–Crippen LogP) is 0.786. The first-order valence-corrected chi connectivity index (χ1v) is 5.87. The van der Waals surface area contributed by atoms with Gasteiger partial charge in [-0.05, 0) is 22.1 Å². The summed E-state index contributed by atoms with van der Waals surface area (Å²) in [4.78, 5) is 20.2. The average molecular weight is 295 g/mol. The molecule has 0 atom stereocenters. The van der Waals surface area contributed by atoms with E-state index in [9.17, 15) is 19.3 Å². The SMILES string of the molecule is O=C(O)CCc1nnnn1Cc1ccc([N+](=O)[O-])c(F)c1. The van der Waals surface area contributed by atoms with Crippen LogP contribution < -0.4 is 0 Å². The van der Waals surface area contributed by atoms with Crippen LogP contribution in [0.4, 0.5) is 10.1 Å². The molecule has 0 fully saturated rings. The van der Waals surface area contributed by atoms with E-state index in [1.54, 1.807) is 0 Å². The molecular weight excluding hydrogens is 285 g/mol. The molecule has 2 aromatic rings. The normalized spacial score (nSPS) is 10.5. The van der Waals surface area contributed by atoms with Crippen LogP contribution in [0.15, 0.2) is 18.2 Å². The van der Waals surface area contributed by atoms with Crippen molar-refractivity contribution in [1.29, 1.82) is 0 Å². The number of nitro benzene ring substituents is 1. The zero-order valence-corrected chi connectivity index (χ0v) is 10.6. The molecule has 0 saturated carbocycles. The second-order valence-electron chi connectivity index (χ2n) is 4.19. The third-order valence-corrected chi connectivity index (χ3v) is 2.71. The number of nitrogens with zero attached hydrogens (tertiary/aromatic N) is 5. The molecular formula is C11H10FN5O4. The highest BCUT2D eigenvalue weighted by molar-refractivity contribution is 5.66. The monoisotopic (exact) mass is 295 g/mol. The van der Waals surface area contributed by atoms with E-state index in [0.717, 1.165) is 12.1 Å². The molecule has 0 amide bonds. The molecule has 0 spiro atoms. The van der Waals surface area contributed by atoms with E-state index in [-0.39, 0.29) is 19.4 Å². The van der Waals surface area contributed by atoms with Gasteiger partial charge in [0.25, 0.3) is 0 Å². The number of carbonyl (C=O) groups is 1. The van der Waals surface area contributed by atoms with E-state index in [4.69, 9.17) is 5.11 Å². The Kier molecular flexibility index (Phi) is 4.16. The summed E-state index contributed by atoms with van der Waals surface area (Å²) < 4.78 is 14.8. The zero-order valence-electron chi connectivity index (χ0n) is 10.6. The fraction of sp³-hybridized carbons (Fsp3) is 0.273. The minimum atomic E-state index is -0.981. The maximum atomic E-state index is 13.5. The molecule has 0 unspecified atom stereocenters. The summed E-state index contributed by atoms with van der Waals surface area (Å²) in [5.74, 6) is -1.58. The number of rotatable bonds is 6. The van der Waals surface area contributed by atoms with Gasteiger partial charge in [0.2, 0.25) is 5.82 Å². The number of halogens is 1. The number of aryl methyl sites for hydroxylation is 1. The highest BCUT2D eigenvalue weighted by atomic mass is 19.1. The summed E-state index contributed by atoms with van der Waals surface area (Å²) in [6.45, 7) is 0.0941. The van der Waals surface area contributed by atoms with E-state index < -0.39 is 22.4 Å². The highest BCUT2D eigenvalue weighted by Crippen LogP contribution is 2.18. The first-order valence-electron chi connectivity index (χ1n) is 5.87. The number of carboxylic acids is 1. The molecule has 110 valence electrons. The van der Waals surface area contributed by atoms with Crippen LogP contribution in [0.5, 0.6) is 0 Å². The lowest BCUT2D eigenvalue weighted by molar-refractivity contribution is -0.387. The molecule has 1 aromatic carbocycles. The lowest BCUT2D eigenvalue weighted by Crippen LogP contribution is -2.09. The summed E-state index contributed by atoms with van der Waals surface area (Å²) in [7, 11) is 0. The first kappa shape index (κ1) is 14.5. The van der Waals surface area contributed by atoms with Gasteiger partial charge >= 0.3 is 11.7 Å². The third-order valence-electron chi connectivity index (χ3n) is 2.71. The molecule has 2 rings (SSSR count). The Bertz CT molecular complexity index is 687. The second kappa shape index (κ2) is 6.03. The second-order valence-corrected chi connectivity index (χ2v) is 4.19. The standard InChI is InChI=1S/C11H10FN5O4/c12-8-5-7(1-2-9(8)17(20)21)6-16-10(13-14-15-16)3-4-11(18)19/h1-2,5H,3-4,6H2,(H,18,19). The van der Waals surface area contributed by atoms with E-state index in [1.165, 1.54) is 10.7 Å². The Morgan fingerprint density at radius 1 is 1.48 bits per heavy atom. The summed E-state index contributed by atoms with van der Waals surface area (Å²) in [5.41, 5.74) is -0.177. The Hall–Kier alpha value is -2.91. The number of tetrazole rings is 1. The summed E-state index contributed by atoms with van der Waals surface area (Å²) >= 11 is 0. The molecule has 1 heterocycles. The largest absolute Gasteiger partial charge is 0.481 e. The predicted molar refractivity (Wildman–Crippen MR) is 65.9 cm³/mol. The quantitative estimate of drug-likeness (QED) is 0.616. The molecule has 0 saturated heterocycles. The fourth-order valence-corrected chi connectivity index (χ4v) is 1.71. The summed E-state index contributed by atoms with van der Waals surface area (Å²) in [6, 6.07) is 3.48. The number of carboxylic acid groups (broad SMARTS) is 1. The number of nitro groups is 1. The minimum Gasteiger partial charge on any atom is -0.481 e. The molecule has 21 heavy (non-hydrogen) atoms. The van der Waals surface area contributed by atoms with E-state index in [2.05, 4.69) is 15.5 Å². The van der Waals surface area contributed by atoms with Crippen LogP contribution in [-0.2, 0) is 17.8 Å². The van der Waals surface area contributed by atoms with Crippen molar-refractivity contribution in [3.05, 3.63) is 45.5 Å². The van der Waals surface area contributed by atoms with Crippen molar-refractivity contribution >= 4 is 11.7 Å². The number of benzene rings is 1. The van der Waals surface area contributed by atoms with Gasteiger partial charge in [0.05, 0.1) is 17.9 Å². The maximum Gasteiger partial charge on any atom is 0.304 e. The smallest absolute Gasteiger partial charge is 0.304 e. The lowest BCUT2D eigenvalue weighted by Gasteiger charge is -2.04. The Balaban J connectivity index is 2.15. The van der Waals surface area contributed by atoms with Crippen molar-refractivity contribution in [2.75, 3.05) is 0 Å². The van der Waals surface area contributed by atoms with Crippen molar-refractivity contribution in [2.45, 2.75) is 19.4 Å². The van der Waals surface area contributed by atoms with Crippen molar-refractivity contribution in [2.24, 2.45) is 0 Å². The fourth-order valence-electron chi connectivity index (χ4n) is 1.71. The van der Waals surface area contributed by atoms with E-state index in [0.29, 0.717) is 11.4 Å². The molecule has 0 bridgehead atoms. The zero-order chi connectivity index (χ0) is 15.4. The molecule has 10 heteroatoms. The molecule has 0 aliphatic rings. The van der Waals surface area contributed by atoms with Crippen LogP contribution in [0.25, 0.3) is 0 Å². The van der Waals surface area contributed by atoms with Crippen molar-refractivity contribution in [3.63, 3.8) is 0 Å². The molecule has 0 aliphatic carbocycles. The van der Waals surface area contributed by atoms with Crippen molar-refractivity contribution < 1.29 is 19.2 Å². The maximum absolute atomic E-state index is 13.5. The number of aliphatic carboxylic acids is 1. The van der Waals surface area contributed by atoms with Gasteiger partial charge in [-0.2, -0.15) is 4.39 Å².